The minimum absolute atomic E-state index is 0.0870. The number of aliphatic hydroxyl groups excluding tert-OH is 1. The van der Waals surface area contributed by atoms with Crippen LogP contribution in [0.3, 0.4) is 0 Å². The predicted molar refractivity (Wildman–Crippen MR) is 127 cm³/mol. The Morgan fingerprint density at radius 3 is 2.25 bits per heavy atom. The fourth-order valence-electron chi connectivity index (χ4n) is 3.87. The number of nitrogens with one attached hydrogen (secondary N) is 2. The van der Waals surface area contributed by atoms with E-state index in [-0.39, 0.29) is 18.9 Å². The summed E-state index contributed by atoms with van der Waals surface area (Å²) >= 11 is 5.88. The van der Waals surface area contributed by atoms with Crippen LogP contribution in [0.4, 0.5) is 16.2 Å². The number of carbonyl (C=O) groups is 2. The summed E-state index contributed by atoms with van der Waals surface area (Å²) in [5.41, 5.74) is 4.56. The second-order valence-corrected chi connectivity index (χ2v) is 8.31. The lowest BCUT2D eigenvalue weighted by Gasteiger charge is -2.24. The van der Waals surface area contributed by atoms with Crippen LogP contribution >= 0.6 is 11.6 Å². The number of aliphatic hydroxyl groups is 1. The Labute approximate surface area is 191 Å². The number of anilines is 2. The van der Waals surface area contributed by atoms with Gasteiger partial charge >= 0.3 is 6.03 Å². The third-order valence-corrected chi connectivity index (χ3v) is 5.80. The van der Waals surface area contributed by atoms with Gasteiger partial charge in [0.2, 0.25) is 5.91 Å². The molecule has 0 spiro atoms. The molecule has 0 aliphatic carbocycles. The van der Waals surface area contributed by atoms with E-state index in [2.05, 4.69) is 29.7 Å². The number of β-amino-alcohol motifs (C(OH)–C–C–N with tert-alkyl or cyclic N) is 1. The van der Waals surface area contributed by atoms with E-state index in [1.54, 1.807) is 24.3 Å². The summed E-state index contributed by atoms with van der Waals surface area (Å²) in [4.78, 5) is 27.0. The van der Waals surface area contributed by atoms with Gasteiger partial charge in [0.25, 0.3) is 0 Å². The third kappa shape index (κ3) is 4.93. The summed E-state index contributed by atoms with van der Waals surface area (Å²) in [5.74, 6) is -0.337. The number of urea groups is 1. The van der Waals surface area contributed by atoms with Crippen molar-refractivity contribution in [2.24, 2.45) is 0 Å². The van der Waals surface area contributed by atoms with Crippen molar-refractivity contribution in [2.45, 2.75) is 25.5 Å². The molecule has 0 radical (unpaired) electrons. The van der Waals surface area contributed by atoms with Crippen LogP contribution in [-0.2, 0) is 4.79 Å². The normalized spacial score (nSPS) is 17.8. The highest BCUT2D eigenvalue weighted by atomic mass is 35.5. The Balaban J connectivity index is 1.43. The van der Waals surface area contributed by atoms with Crippen LogP contribution in [0.15, 0.2) is 72.8 Å². The Morgan fingerprint density at radius 2 is 1.56 bits per heavy atom. The lowest BCUT2D eigenvalue weighted by Crippen LogP contribution is -2.45. The average molecular weight is 450 g/mol. The van der Waals surface area contributed by atoms with Crippen molar-refractivity contribution in [1.29, 1.82) is 0 Å². The van der Waals surface area contributed by atoms with E-state index < -0.39 is 18.2 Å². The van der Waals surface area contributed by atoms with E-state index in [1.165, 1.54) is 10.5 Å². The third-order valence-electron chi connectivity index (χ3n) is 5.55. The molecule has 1 aliphatic rings. The molecule has 0 unspecified atom stereocenters. The van der Waals surface area contributed by atoms with Crippen molar-refractivity contribution in [3.05, 3.63) is 83.4 Å². The molecule has 32 heavy (non-hydrogen) atoms. The lowest BCUT2D eigenvalue weighted by atomic mass is 10.0. The smallest absolute Gasteiger partial charge is 0.322 e. The van der Waals surface area contributed by atoms with Gasteiger partial charge in [0.1, 0.15) is 6.04 Å². The average Bonchev–Trinajstić information content (AvgIpc) is 3.18. The van der Waals surface area contributed by atoms with Crippen molar-refractivity contribution in [3.63, 3.8) is 0 Å². The van der Waals surface area contributed by atoms with Crippen molar-refractivity contribution in [2.75, 3.05) is 17.2 Å². The van der Waals surface area contributed by atoms with E-state index in [4.69, 9.17) is 11.6 Å². The molecule has 1 heterocycles. The first-order valence-corrected chi connectivity index (χ1v) is 10.8. The molecule has 6 nitrogen and oxygen atoms in total. The number of amides is 3. The van der Waals surface area contributed by atoms with Crippen molar-refractivity contribution >= 4 is 34.9 Å². The summed E-state index contributed by atoms with van der Waals surface area (Å²) in [6.45, 7) is 2.14. The molecule has 1 aliphatic heterocycles. The first kappa shape index (κ1) is 21.9. The van der Waals surface area contributed by atoms with Gasteiger partial charge in [-0.3, -0.25) is 4.79 Å². The second kappa shape index (κ2) is 9.42. The van der Waals surface area contributed by atoms with E-state index in [0.717, 1.165) is 11.1 Å². The maximum absolute atomic E-state index is 12.9. The largest absolute Gasteiger partial charge is 0.391 e. The molecule has 7 heteroatoms. The fourth-order valence-corrected chi connectivity index (χ4v) is 4.00. The van der Waals surface area contributed by atoms with Crippen LogP contribution in [0, 0.1) is 6.92 Å². The fraction of sp³-hybridized carbons (Fsp3) is 0.200. The summed E-state index contributed by atoms with van der Waals surface area (Å²) in [7, 11) is 0. The van der Waals surface area contributed by atoms with Gasteiger partial charge in [-0.05, 0) is 60.0 Å². The van der Waals surface area contributed by atoms with Gasteiger partial charge in [0.05, 0.1) is 6.10 Å². The Morgan fingerprint density at radius 1 is 0.938 bits per heavy atom. The molecule has 0 saturated carbocycles. The molecule has 2 atom stereocenters. The van der Waals surface area contributed by atoms with E-state index in [9.17, 15) is 14.7 Å². The number of aryl methyl sites for hydroxylation is 1. The molecule has 4 rings (SSSR count). The molecular formula is C25H24ClN3O3. The molecule has 1 saturated heterocycles. The monoisotopic (exact) mass is 449 g/mol. The topological polar surface area (TPSA) is 81.7 Å². The molecule has 3 aromatic carbocycles. The molecule has 0 bridgehead atoms. The van der Waals surface area contributed by atoms with Crippen LogP contribution in [-0.4, -0.2) is 40.6 Å². The summed E-state index contributed by atoms with van der Waals surface area (Å²) < 4.78 is 0. The zero-order valence-corrected chi connectivity index (χ0v) is 18.3. The highest BCUT2D eigenvalue weighted by molar-refractivity contribution is 6.30. The molecule has 3 aromatic rings. The standard InChI is InChI=1S/C25H24ClN3O3/c1-16-4-2-3-5-22(16)17-6-10-19(11-7-17)27-24(31)23-14-21(30)15-29(23)25(32)28-20-12-8-18(26)9-13-20/h2-13,21,23,30H,14-15H2,1H3,(H,27,31)(H,28,32)/t21-,23-/m1/s1. The molecule has 3 amide bonds. The number of benzene rings is 3. The first-order chi connectivity index (χ1) is 15.4. The number of hydrogen-bond acceptors (Lipinski definition) is 3. The minimum Gasteiger partial charge on any atom is -0.391 e. The van der Waals surface area contributed by atoms with Gasteiger partial charge in [-0.15, -0.1) is 0 Å². The first-order valence-electron chi connectivity index (χ1n) is 10.4. The zero-order chi connectivity index (χ0) is 22.7. The summed E-state index contributed by atoms with van der Waals surface area (Å²) in [6.07, 6.45) is -0.577. The number of hydrogen-bond donors (Lipinski definition) is 3. The number of halogens is 1. The van der Waals surface area contributed by atoms with Crippen LogP contribution in [0.25, 0.3) is 11.1 Å². The van der Waals surface area contributed by atoms with Crippen molar-refractivity contribution < 1.29 is 14.7 Å². The van der Waals surface area contributed by atoms with Gasteiger partial charge in [-0.2, -0.15) is 0 Å². The van der Waals surface area contributed by atoms with Gasteiger partial charge in [0, 0.05) is 29.4 Å². The van der Waals surface area contributed by atoms with Gasteiger partial charge in [-0.1, -0.05) is 48.0 Å². The Hall–Kier alpha value is -3.35. The molecule has 3 N–H and O–H groups in total. The van der Waals surface area contributed by atoms with Crippen LogP contribution in [0.5, 0.6) is 0 Å². The minimum atomic E-state index is -0.770. The molecule has 164 valence electrons. The number of nitrogens with zero attached hydrogens (tertiary/aromatic N) is 1. The number of rotatable bonds is 4. The quantitative estimate of drug-likeness (QED) is 0.528. The predicted octanol–water partition coefficient (Wildman–Crippen LogP) is 4.92. The highest BCUT2D eigenvalue weighted by Gasteiger charge is 2.39. The van der Waals surface area contributed by atoms with Crippen molar-refractivity contribution in [3.8, 4) is 11.1 Å². The highest BCUT2D eigenvalue weighted by Crippen LogP contribution is 2.26. The van der Waals surface area contributed by atoms with E-state index in [1.807, 2.05) is 36.4 Å². The van der Waals surface area contributed by atoms with Gasteiger partial charge in [-0.25, -0.2) is 4.79 Å². The number of carbonyl (C=O) groups excluding carboxylic acids is 2. The SMILES string of the molecule is Cc1ccccc1-c1ccc(NC(=O)[C@H]2C[C@@H](O)CN2C(=O)Nc2ccc(Cl)cc2)cc1. The van der Waals surface area contributed by atoms with Gasteiger partial charge < -0.3 is 20.6 Å². The molecule has 1 fully saturated rings. The maximum atomic E-state index is 12.9. The number of likely N-dealkylation sites (tertiary alicyclic amines) is 1. The van der Waals surface area contributed by atoms with E-state index >= 15 is 0 Å². The van der Waals surface area contributed by atoms with Crippen LogP contribution in [0.2, 0.25) is 5.02 Å². The Kier molecular flexibility index (Phi) is 6.44. The summed E-state index contributed by atoms with van der Waals surface area (Å²) in [5, 5.41) is 16.3. The van der Waals surface area contributed by atoms with E-state index in [0.29, 0.717) is 16.4 Å². The molecule has 0 aromatic heterocycles. The lowest BCUT2D eigenvalue weighted by molar-refractivity contribution is -0.119. The zero-order valence-electron chi connectivity index (χ0n) is 17.6. The van der Waals surface area contributed by atoms with Gasteiger partial charge in [0.15, 0.2) is 0 Å². The summed E-state index contributed by atoms with van der Waals surface area (Å²) in [6, 6.07) is 21.2. The maximum Gasteiger partial charge on any atom is 0.322 e. The van der Waals surface area contributed by atoms with Crippen molar-refractivity contribution in [1.82, 2.24) is 4.90 Å². The molecular weight excluding hydrogens is 426 g/mol. The second-order valence-electron chi connectivity index (χ2n) is 7.88. The van der Waals surface area contributed by atoms with Crippen LogP contribution < -0.4 is 10.6 Å². The Bertz CT molecular complexity index is 1120. The van der Waals surface area contributed by atoms with Crippen LogP contribution in [0.1, 0.15) is 12.0 Å².